The van der Waals surface area contributed by atoms with Gasteiger partial charge in [0, 0.05) is 19.0 Å². The van der Waals surface area contributed by atoms with Gasteiger partial charge in [0.1, 0.15) is 0 Å². The van der Waals surface area contributed by atoms with Crippen molar-refractivity contribution in [2.45, 2.75) is 38.5 Å². The summed E-state index contributed by atoms with van der Waals surface area (Å²) >= 11 is 0. The Balaban J connectivity index is 1.59. The first kappa shape index (κ1) is 11.9. The van der Waals surface area contributed by atoms with E-state index >= 15 is 0 Å². The van der Waals surface area contributed by atoms with Crippen molar-refractivity contribution in [2.24, 2.45) is 5.92 Å². The van der Waals surface area contributed by atoms with Crippen LogP contribution in [0.5, 0.6) is 0 Å². The zero-order valence-corrected chi connectivity index (χ0v) is 10.1. The maximum absolute atomic E-state index is 11.8. The predicted octanol–water partition coefficient (Wildman–Crippen LogP) is 1.59. The number of carbonyl (C=O) groups is 1. The molecule has 2 aliphatic rings. The zero-order chi connectivity index (χ0) is 11.2. The summed E-state index contributed by atoms with van der Waals surface area (Å²) in [6.07, 6.45) is 9.34. The van der Waals surface area contributed by atoms with Crippen LogP contribution in [0.25, 0.3) is 0 Å². The fourth-order valence-corrected chi connectivity index (χ4v) is 2.67. The monoisotopic (exact) mass is 223 g/mol. The van der Waals surface area contributed by atoms with Crippen molar-refractivity contribution in [3.63, 3.8) is 0 Å². The highest BCUT2D eigenvalue weighted by Crippen LogP contribution is 2.22. The summed E-state index contributed by atoms with van der Waals surface area (Å²) in [4.78, 5) is 14.3. The van der Waals surface area contributed by atoms with Crippen molar-refractivity contribution in [1.82, 2.24) is 10.2 Å². The maximum atomic E-state index is 11.8. The second-order valence-corrected chi connectivity index (χ2v) is 4.99. The van der Waals surface area contributed by atoms with Gasteiger partial charge in [0.05, 0.1) is 0 Å². The normalized spacial score (nSPS) is 23.5. The van der Waals surface area contributed by atoms with E-state index in [1.54, 1.807) is 0 Å². The Morgan fingerprint density at radius 2 is 2.12 bits per heavy atom. The molecule has 1 aliphatic heterocycles. The second-order valence-electron chi connectivity index (χ2n) is 4.99. The summed E-state index contributed by atoms with van der Waals surface area (Å²) in [5.41, 5.74) is 0. The van der Waals surface area contributed by atoms with E-state index in [9.17, 15) is 4.79 Å². The minimum Gasteiger partial charge on any atom is -0.355 e. The molecule has 1 heterocycles. The molecule has 2 fully saturated rings. The Morgan fingerprint density at radius 1 is 1.31 bits per heavy atom. The molecule has 1 aliphatic carbocycles. The standard InChI is InChI=1S/C13H23N2O/c16-13(12-6-2-1-3-7-12)14-8-11-15-9-4-5-10-15/h2,12H,1,3-11H2,(H,14,16). The van der Waals surface area contributed by atoms with Crippen LogP contribution >= 0.6 is 0 Å². The minimum absolute atomic E-state index is 0.257. The molecule has 0 spiro atoms. The lowest BCUT2D eigenvalue weighted by molar-refractivity contribution is -0.125. The molecule has 2 rings (SSSR count). The van der Waals surface area contributed by atoms with Crippen LogP contribution in [0.2, 0.25) is 0 Å². The third kappa shape index (κ3) is 3.48. The average Bonchev–Trinajstić information content (AvgIpc) is 2.83. The highest BCUT2D eigenvalue weighted by Gasteiger charge is 2.20. The average molecular weight is 223 g/mol. The summed E-state index contributed by atoms with van der Waals surface area (Å²) in [5.74, 6) is 0.530. The van der Waals surface area contributed by atoms with E-state index in [-0.39, 0.29) is 11.8 Å². The third-order valence-corrected chi connectivity index (χ3v) is 3.71. The van der Waals surface area contributed by atoms with Crippen LogP contribution in [0, 0.1) is 12.3 Å². The van der Waals surface area contributed by atoms with Gasteiger partial charge in [-0.15, -0.1) is 0 Å². The number of likely N-dealkylation sites (tertiary alicyclic amines) is 1. The summed E-state index contributed by atoms with van der Waals surface area (Å²) in [6.45, 7) is 4.29. The van der Waals surface area contributed by atoms with Crippen LogP contribution < -0.4 is 5.32 Å². The van der Waals surface area contributed by atoms with E-state index in [1.165, 1.54) is 38.8 Å². The van der Waals surface area contributed by atoms with E-state index < -0.39 is 0 Å². The molecule has 1 amide bonds. The zero-order valence-electron chi connectivity index (χ0n) is 10.1. The molecule has 1 radical (unpaired) electrons. The first-order valence-electron chi connectivity index (χ1n) is 6.68. The summed E-state index contributed by atoms with van der Waals surface area (Å²) < 4.78 is 0. The van der Waals surface area contributed by atoms with E-state index in [0.29, 0.717) is 0 Å². The van der Waals surface area contributed by atoms with Crippen LogP contribution in [0.1, 0.15) is 38.5 Å². The molecule has 1 N–H and O–H groups in total. The van der Waals surface area contributed by atoms with Gasteiger partial charge >= 0.3 is 0 Å². The summed E-state index contributed by atoms with van der Waals surface area (Å²) in [6, 6.07) is 0. The van der Waals surface area contributed by atoms with Gasteiger partial charge < -0.3 is 10.2 Å². The number of carbonyl (C=O) groups excluding carboxylic acids is 1. The molecule has 0 bridgehead atoms. The van der Waals surface area contributed by atoms with Gasteiger partial charge in [0.2, 0.25) is 5.91 Å². The Labute approximate surface area is 98.6 Å². The summed E-state index contributed by atoms with van der Waals surface area (Å²) in [7, 11) is 0. The Morgan fingerprint density at radius 3 is 2.81 bits per heavy atom. The second kappa shape index (κ2) is 6.24. The Kier molecular flexibility index (Phi) is 4.64. The lowest BCUT2D eigenvalue weighted by atomic mass is 9.89. The van der Waals surface area contributed by atoms with Crippen molar-refractivity contribution in [1.29, 1.82) is 0 Å². The highest BCUT2D eigenvalue weighted by atomic mass is 16.1. The lowest BCUT2D eigenvalue weighted by Crippen LogP contribution is -2.37. The first-order valence-corrected chi connectivity index (χ1v) is 6.68. The van der Waals surface area contributed by atoms with Crippen molar-refractivity contribution < 1.29 is 4.79 Å². The van der Waals surface area contributed by atoms with E-state index in [2.05, 4.69) is 16.6 Å². The van der Waals surface area contributed by atoms with Gasteiger partial charge in [-0.25, -0.2) is 0 Å². The molecule has 1 saturated carbocycles. The third-order valence-electron chi connectivity index (χ3n) is 3.71. The minimum atomic E-state index is 0.257. The van der Waals surface area contributed by atoms with E-state index in [0.717, 1.165) is 25.9 Å². The number of hydrogen-bond donors (Lipinski definition) is 1. The van der Waals surface area contributed by atoms with Gasteiger partial charge in [0.25, 0.3) is 0 Å². The molecule has 1 unspecified atom stereocenters. The molecular weight excluding hydrogens is 200 g/mol. The van der Waals surface area contributed by atoms with Crippen molar-refractivity contribution in [3.05, 3.63) is 6.42 Å². The molecule has 1 saturated heterocycles. The van der Waals surface area contributed by atoms with E-state index in [1.807, 2.05) is 0 Å². The topological polar surface area (TPSA) is 32.3 Å². The molecule has 16 heavy (non-hydrogen) atoms. The molecular formula is C13H23N2O. The molecule has 0 aromatic heterocycles. The highest BCUT2D eigenvalue weighted by molar-refractivity contribution is 5.78. The molecule has 0 aromatic rings. The van der Waals surface area contributed by atoms with Gasteiger partial charge in [-0.3, -0.25) is 4.79 Å². The van der Waals surface area contributed by atoms with Crippen LogP contribution in [0.3, 0.4) is 0 Å². The van der Waals surface area contributed by atoms with Gasteiger partial charge in [-0.05, 0) is 45.2 Å². The number of hydrogen-bond acceptors (Lipinski definition) is 2. The Bertz CT molecular complexity index is 218. The first-order chi connectivity index (χ1) is 7.86. The fourth-order valence-electron chi connectivity index (χ4n) is 2.67. The largest absolute Gasteiger partial charge is 0.355 e. The predicted molar refractivity (Wildman–Crippen MR) is 64.9 cm³/mol. The number of nitrogens with zero attached hydrogens (tertiary/aromatic N) is 1. The van der Waals surface area contributed by atoms with Crippen LogP contribution in [0.15, 0.2) is 0 Å². The SMILES string of the molecule is O=C(NCCN1CCCC1)C1C[CH]CCC1. The van der Waals surface area contributed by atoms with Crippen molar-refractivity contribution in [2.75, 3.05) is 26.2 Å². The molecule has 91 valence electrons. The molecule has 3 heteroatoms. The lowest BCUT2D eigenvalue weighted by Gasteiger charge is -2.21. The van der Waals surface area contributed by atoms with Crippen LogP contribution in [0.4, 0.5) is 0 Å². The molecule has 3 nitrogen and oxygen atoms in total. The maximum Gasteiger partial charge on any atom is 0.223 e. The fraction of sp³-hybridized carbons (Fsp3) is 0.846. The summed E-state index contributed by atoms with van der Waals surface area (Å²) in [5, 5.41) is 3.08. The van der Waals surface area contributed by atoms with Crippen LogP contribution in [-0.4, -0.2) is 37.0 Å². The quantitative estimate of drug-likeness (QED) is 0.785. The molecule has 1 atom stereocenters. The van der Waals surface area contributed by atoms with Crippen molar-refractivity contribution in [3.8, 4) is 0 Å². The van der Waals surface area contributed by atoms with E-state index in [4.69, 9.17) is 0 Å². The Hall–Kier alpha value is -0.570. The van der Waals surface area contributed by atoms with Crippen molar-refractivity contribution >= 4 is 5.91 Å². The molecule has 0 aromatic carbocycles. The number of amides is 1. The van der Waals surface area contributed by atoms with Gasteiger partial charge in [-0.1, -0.05) is 12.8 Å². The number of rotatable bonds is 4. The van der Waals surface area contributed by atoms with Crippen LogP contribution in [-0.2, 0) is 4.79 Å². The van der Waals surface area contributed by atoms with Gasteiger partial charge in [-0.2, -0.15) is 0 Å². The smallest absolute Gasteiger partial charge is 0.223 e. The number of nitrogens with one attached hydrogen (secondary N) is 1. The van der Waals surface area contributed by atoms with Gasteiger partial charge in [0.15, 0.2) is 0 Å².